The lowest BCUT2D eigenvalue weighted by atomic mass is 9.97. The van der Waals surface area contributed by atoms with Gasteiger partial charge < -0.3 is 9.13 Å². The second-order valence-corrected chi connectivity index (χ2v) is 13.9. The summed E-state index contributed by atoms with van der Waals surface area (Å²) < 4.78 is 4.52. The Hall–Kier alpha value is -7.64. The molecule has 5 aromatic heterocycles. The first-order valence-electron chi connectivity index (χ1n) is 18.3. The van der Waals surface area contributed by atoms with Gasteiger partial charge in [-0.2, -0.15) is 5.26 Å². The van der Waals surface area contributed by atoms with E-state index in [1.807, 2.05) is 64.4 Å². The molecular formula is C46H32N10. The molecule has 0 saturated carbocycles. The van der Waals surface area contributed by atoms with Crippen LogP contribution in [0, 0.1) is 39.0 Å². The predicted molar refractivity (Wildman–Crippen MR) is 220 cm³/mol. The molecule has 0 bridgehead atoms. The zero-order chi connectivity index (χ0) is 38.1. The van der Waals surface area contributed by atoms with Gasteiger partial charge in [-0.05, 0) is 82.3 Å². The first-order valence-corrected chi connectivity index (χ1v) is 18.3. The van der Waals surface area contributed by atoms with Gasteiger partial charge in [-0.15, -0.1) is 0 Å². The van der Waals surface area contributed by atoms with E-state index in [2.05, 4.69) is 130 Å². The van der Waals surface area contributed by atoms with Crippen LogP contribution in [-0.4, -0.2) is 44.0 Å². The van der Waals surface area contributed by atoms with Crippen molar-refractivity contribution < 1.29 is 0 Å². The van der Waals surface area contributed by atoms with Gasteiger partial charge in [0.25, 0.3) is 0 Å². The Morgan fingerprint density at radius 2 is 0.893 bits per heavy atom. The molecule has 0 amide bonds. The highest BCUT2D eigenvalue weighted by molar-refractivity contribution is 6.13. The maximum Gasteiger partial charge on any atom is 0.163 e. The third-order valence-electron chi connectivity index (χ3n) is 10.3. The van der Waals surface area contributed by atoms with E-state index in [1.54, 1.807) is 0 Å². The number of aromatic nitrogens is 9. The van der Waals surface area contributed by atoms with Gasteiger partial charge in [0.2, 0.25) is 0 Å². The van der Waals surface area contributed by atoms with E-state index in [0.29, 0.717) is 40.5 Å². The van der Waals surface area contributed by atoms with Gasteiger partial charge in [0, 0.05) is 43.8 Å². The molecule has 10 aromatic rings. The second kappa shape index (κ2) is 12.7. The van der Waals surface area contributed by atoms with E-state index in [0.717, 1.165) is 77.2 Å². The number of hydrogen-bond acceptors (Lipinski definition) is 8. The SMILES string of the molecule is Cc1nc(C)nc(-c2ccc3c(c2)c2ccccc2n3-c2cncc(-n3c4ccccc4c4cc(-c5nc(C)nc(C)n5)ccc43)c2-c2ccccc2C#N)n1. The van der Waals surface area contributed by atoms with Gasteiger partial charge in [0.05, 0.1) is 57.5 Å². The van der Waals surface area contributed by atoms with Crippen LogP contribution in [0.5, 0.6) is 0 Å². The van der Waals surface area contributed by atoms with Crippen molar-refractivity contribution in [2.75, 3.05) is 0 Å². The van der Waals surface area contributed by atoms with Gasteiger partial charge in [0.15, 0.2) is 11.6 Å². The van der Waals surface area contributed by atoms with Gasteiger partial charge in [-0.3, -0.25) is 4.98 Å². The fourth-order valence-electron chi connectivity index (χ4n) is 8.09. The molecule has 10 rings (SSSR count). The van der Waals surface area contributed by atoms with Crippen LogP contribution in [0.25, 0.3) is 88.9 Å². The van der Waals surface area contributed by atoms with E-state index in [9.17, 15) is 5.26 Å². The van der Waals surface area contributed by atoms with Gasteiger partial charge in [-0.1, -0.05) is 54.6 Å². The minimum absolute atomic E-state index is 0.563. The van der Waals surface area contributed by atoms with Crippen molar-refractivity contribution in [3.63, 3.8) is 0 Å². The quantitative estimate of drug-likeness (QED) is 0.172. The molecular weight excluding hydrogens is 693 g/mol. The Morgan fingerprint density at radius 3 is 1.38 bits per heavy atom. The van der Waals surface area contributed by atoms with E-state index >= 15 is 0 Å². The average Bonchev–Trinajstić information content (AvgIpc) is 3.72. The van der Waals surface area contributed by atoms with Crippen LogP contribution in [-0.2, 0) is 0 Å². The minimum atomic E-state index is 0.563. The van der Waals surface area contributed by atoms with Crippen molar-refractivity contribution >= 4 is 43.6 Å². The fourth-order valence-corrected chi connectivity index (χ4v) is 8.09. The molecule has 10 heteroatoms. The van der Waals surface area contributed by atoms with Crippen molar-refractivity contribution in [1.29, 1.82) is 5.26 Å². The van der Waals surface area contributed by atoms with Gasteiger partial charge in [0.1, 0.15) is 23.3 Å². The van der Waals surface area contributed by atoms with Crippen LogP contribution >= 0.6 is 0 Å². The Morgan fingerprint density at radius 1 is 0.464 bits per heavy atom. The van der Waals surface area contributed by atoms with E-state index < -0.39 is 0 Å². The molecule has 5 heterocycles. The minimum Gasteiger partial charge on any atom is -0.307 e. The van der Waals surface area contributed by atoms with Crippen LogP contribution in [0.15, 0.2) is 122 Å². The molecule has 0 aliphatic rings. The molecule has 0 aliphatic carbocycles. The highest BCUT2D eigenvalue weighted by Crippen LogP contribution is 2.43. The highest BCUT2D eigenvalue weighted by atomic mass is 15.1. The number of nitrogens with zero attached hydrogens (tertiary/aromatic N) is 10. The van der Waals surface area contributed by atoms with E-state index in [4.69, 9.17) is 4.98 Å². The largest absolute Gasteiger partial charge is 0.307 e. The molecule has 266 valence electrons. The molecule has 0 saturated heterocycles. The van der Waals surface area contributed by atoms with Crippen molar-refractivity contribution in [2.24, 2.45) is 0 Å². The third-order valence-corrected chi connectivity index (χ3v) is 10.3. The Balaban J connectivity index is 1.29. The summed E-state index contributed by atoms with van der Waals surface area (Å²) in [4.78, 5) is 32.4. The standard InChI is InChI=1S/C46H32N10/c1-26-49-27(2)52-45(51-26)30-17-19-40-36(21-30)34-13-7-9-15-38(34)55(40)42-24-48-25-43(44(42)33-12-6-5-11-32(33)23-47)56-39-16-10-8-14-35(39)37-22-31(18-20-41(37)56)46-53-28(3)50-29(4)54-46/h5-22,24-25H,1-4H3. The number of fused-ring (bicyclic) bond motifs is 6. The Labute approximate surface area is 321 Å². The summed E-state index contributed by atoms with van der Waals surface area (Å²) >= 11 is 0. The lowest BCUT2D eigenvalue weighted by Crippen LogP contribution is -2.05. The Bertz CT molecular complexity index is 3050. The molecule has 0 N–H and O–H groups in total. The number of benzene rings is 5. The molecule has 0 spiro atoms. The maximum absolute atomic E-state index is 10.6. The zero-order valence-corrected chi connectivity index (χ0v) is 31.0. The fraction of sp³-hybridized carbons (Fsp3) is 0.0870. The van der Waals surface area contributed by atoms with Crippen LogP contribution in [0.3, 0.4) is 0 Å². The van der Waals surface area contributed by atoms with Gasteiger partial charge >= 0.3 is 0 Å². The second-order valence-electron chi connectivity index (χ2n) is 13.9. The monoisotopic (exact) mass is 724 g/mol. The number of hydrogen-bond donors (Lipinski definition) is 0. The molecule has 0 atom stereocenters. The van der Waals surface area contributed by atoms with Crippen LogP contribution in [0.4, 0.5) is 0 Å². The highest BCUT2D eigenvalue weighted by Gasteiger charge is 2.24. The van der Waals surface area contributed by atoms with Crippen LogP contribution in [0.2, 0.25) is 0 Å². The molecule has 10 nitrogen and oxygen atoms in total. The summed E-state index contributed by atoms with van der Waals surface area (Å²) in [5, 5.41) is 14.8. The van der Waals surface area contributed by atoms with Crippen LogP contribution < -0.4 is 0 Å². The van der Waals surface area contributed by atoms with Crippen LogP contribution in [0.1, 0.15) is 28.9 Å². The molecule has 56 heavy (non-hydrogen) atoms. The normalized spacial score (nSPS) is 11.6. The van der Waals surface area contributed by atoms with Crippen molar-refractivity contribution in [1.82, 2.24) is 44.0 Å². The lowest BCUT2D eigenvalue weighted by molar-refractivity contribution is 0.928. The Kier molecular flexibility index (Phi) is 7.50. The molecule has 0 aliphatic heterocycles. The molecule has 5 aromatic carbocycles. The summed E-state index contributed by atoms with van der Waals surface area (Å²) in [7, 11) is 0. The first-order chi connectivity index (χ1) is 27.4. The third kappa shape index (κ3) is 5.21. The van der Waals surface area contributed by atoms with Crippen molar-refractivity contribution in [2.45, 2.75) is 27.7 Å². The maximum atomic E-state index is 10.6. The number of aryl methyl sites for hydroxylation is 4. The van der Waals surface area contributed by atoms with Crippen molar-refractivity contribution in [3.8, 4) is 51.3 Å². The van der Waals surface area contributed by atoms with E-state index in [-0.39, 0.29) is 0 Å². The molecule has 0 fully saturated rings. The summed E-state index contributed by atoms with van der Waals surface area (Å²) in [6, 6.07) is 39.7. The first kappa shape index (κ1) is 33.0. The molecule has 0 unspecified atom stereocenters. The van der Waals surface area contributed by atoms with E-state index in [1.165, 1.54) is 0 Å². The average molecular weight is 725 g/mol. The summed E-state index contributed by atoms with van der Waals surface area (Å²) in [5.74, 6) is 3.98. The number of nitriles is 1. The topological polar surface area (TPSA) is 124 Å². The number of rotatable bonds is 5. The zero-order valence-electron chi connectivity index (χ0n) is 31.0. The summed E-state index contributed by atoms with van der Waals surface area (Å²) in [5.41, 5.74) is 9.73. The van der Waals surface area contributed by atoms with Gasteiger partial charge in [-0.25, -0.2) is 29.9 Å². The number of para-hydroxylation sites is 2. The summed E-state index contributed by atoms with van der Waals surface area (Å²) in [6.07, 6.45) is 3.81. The predicted octanol–water partition coefficient (Wildman–Crippen LogP) is 9.75. The smallest absolute Gasteiger partial charge is 0.163 e. The lowest BCUT2D eigenvalue weighted by Gasteiger charge is -2.20. The summed E-state index contributed by atoms with van der Waals surface area (Å²) in [6.45, 7) is 7.54. The molecule has 0 radical (unpaired) electrons. The van der Waals surface area contributed by atoms with Crippen molar-refractivity contribution in [3.05, 3.63) is 150 Å². The number of pyridine rings is 1.